The van der Waals surface area contributed by atoms with Crippen molar-refractivity contribution in [2.75, 3.05) is 0 Å². The second kappa shape index (κ2) is 3.09. The number of hydrogen-bond donors (Lipinski definition) is 2. The molecule has 2 N–H and O–H groups in total. The van der Waals surface area contributed by atoms with Gasteiger partial charge in [0.15, 0.2) is 11.5 Å². The van der Waals surface area contributed by atoms with Gasteiger partial charge in [-0.15, -0.1) is 0 Å². The molecule has 0 aliphatic rings. The van der Waals surface area contributed by atoms with Crippen LogP contribution in [0.5, 0.6) is 11.5 Å². The summed E-state index contributed by atoms with van der Waals surface area (Å²) in [5, 5.41) is 17.9. The number of phenolic OH excluding ortho intramolecular Hbond substituents is 2. The van der Waals surface area contributed by atoms with Gasteiger partial charge < -0.3 is 10.2 Å². The van der Waals surface area contributed by atoms with Crippen molar-refractivity contribution in [2.24, 2.45) is 0 Å². The minimum Gasteiger partial charge on any atom is -0.504 e. The van der Waals surface area contributed by atoms with Crippen LogP contribution < -0.4 is 0 Å². The quantitative estimate of drug-likeness (QED) is 0.455. The first kappa shape index (κ1) is 7.65. The number of rotatable bonds is 1. The molecule has 3 heteroatoms. The van der Waals surface area contributed by atoms with Crippen molar-refractivity contribution in [3.05, 3.63) is 23.8 Å². The van der Waals surface area contributed by atoms with Gasteiger partial charge in [-0.05, 0) is 17.7 Å². The summed E-state index contributed by atoms with van der Waals surface area (Å²) in [5.41, 5.74) is 1.01. The fourth-order valence-corrected chi connectivity index (χ4v) is 1.13. The maximum Gasteiger partial charge on any atom is 0.157 e. The standard InChI is InChI=1S/C7H7IO2/c8-4-5-1-2-6(9)7(10)3-5/h1-3,9-10H,4H2. The Kier molecular flexibility index (Phi) is 2.37. The van der Waals surface area contributed by atoms with E-state index in [-0.39, 0.29) is 11.5 Å². The lowest BCUT2D eigenvalue weighted by atomic mass is 10.2. The van der Waals surface area contributed by atoms with Gasteiger partial charge in [0.05, 0.1) is 0 Å². The Morgan fingerprint density at radius 1 is 1.20 bits per heavy atom. The number of benzene rings is 1. The summed E-state index contributed by atoms with van der Waals surface area (Å²) in [6.07, 6.45) is 0. The van der Waals surface area contributed by atoms with Gasteiger partial charge in [0.1, 0.15) is 0 Å². The van der Waals surface area contributed by atoms with Crippen LogP contribution in [0.3, 0.4) is 0 Å². The largest absolute Gasteiger partial charge is 0.504 e. The maximum atomic E-state index is 8.98. The molecule has 10 heavy (non-hydrogen) atoms. The van der Waals surface area contributed by atoms with Crippen molar-refractivity contribution in [2.45, 2.75) is 4.43 Å². The average Bonchev–Trinajstić information content (AvgIpc) is 1.95. The summed E-state index contributed by atoms with van der Waals surface area (Å²) in [6, 6.07) is 4.83. The van der Waals surface area contributed by atoms with Crippen LogP contribution in [-0.2, 0) is 4.43 Å². The molecular weight excluding hydrogens is 243 g/mol. The van der Waals surface area contributed by atoms with Gasteiger partial charge in [-0.3, -0.25) is 0 Å². The maximum absolute atomic E-state index is 8.98. The summed E-state index contributed by atoms with van der Waals surface area (Å²) < 4.78 is 0.839. The Hall–Kier alpha value is -0.450. The number of phenols is 2. The Morgan fingerprint density at radius 3 is 2.40 bits per heavy atom. The summed E-state index contributed by atoms with van der Waals surface area (Å²) in [7, 11) is 0. The van der Waals surface area contributed by atoms with Crippen LogP contribution in [-0.4, -0.2) is 10.2 Å². The molecule has 0 unspecified atom stereocenters. The Balaban J connectivity index is 3.04. The molecule has 0 spiro atoms. The minimum absolute atomic E-state index is 0.0471. The zero-order valence-electron chi connectivity index (χ0n) is 5.21. The Morgan fingerprint density at radius 2 is 1.90 bits per heavy atom. The van der Waals surface area contributed by atoms with E-state index in [9.17, 15) is 0 Å². The average molecular weight is 250 g/mol. The van der Waals surface area contributed by atoms with Crippen molar-refractivity contribution >= 4 is 22.6 Å². The first-order valence-corrected chi connectivity index (χ1v) is 4.33. The van der Waals surface area contributed by atoms with Gasteiger partial charge in [0.2, 0.25) is 0 Å². The second-order valence-electron chi connectivity index (χ2n) is 1.96. The minimum atomic E-state index is -0.0615. The van der Waals surface area contributed by atoms with E-state index < -0.39 is 0 Å². The molecule has 0 saturated carbocycles. The molecular formula is C7H7IO2. The molecule has 1 rings (SSSR count). The van der Waals surface area contributed by atoms with E-state index in [0.717, 1.165) is 9.99 Å². The van der Waals surface area contributed by atoms with Gasteiger partial charge in [-0.25, -0.2) is 0 Å². The highest BCUT2D eigenvalue weighted by Gasteiger charge is 1.97. The molecule has 2 nitrogen and oxygen atoms in total. The lowest BCUT2D eigenvalue weighted by Gasteiger charge is -1.98. The van der Waals surface area contributed by atoms with Crippen LogP contribution in [0.4, 0.5) is 0 Å². The molecule has 0 aliphatic heterocycles. The molecule has 1 aromatic rings. The molecule has 0 saturated heterocycles. The van der Waals surface area contributed by atoms with Gasteiger partial charge in [-0.2, -0.15) is 0 Å². The van der Waals surface area contributed by atoms with Crippen LogP contribution in [0.1, 0.15) is 5.56 Å². The van der Waals surface area contributed by atoms with E-state index in [4.69, 9.17) is 10.2 Å². The summed E-state index contributed by atoms with van der Waals surface area (Å²) in [4.78, 5) is 0. The van der Waals surface area contributed by atoms with E-state index in [0.29, 0.717) is 0 Å². The highest BCUT2D eigenvalue weighted by molar-refractivity contribution is 14.1. The van der Waals surface area contributed by atoms with Crippen LogP contribution in [0.2, 0.25) is 0 Å². The first-order chi connectivity index (χ1) is 4.74. The van der Waals surface area contributed by atoms with Crippen molar-refractivity contribution in [3.8, 4) is 11.5 Å². The highest BCUT2D eigenvalue weighted by Crippen LogP contribution is 2.25. The van der Waals surface area contributed by atoms with Gasteiger partial charge in [0, 0.05) is 4.43 Å². The summed E-state index contributed by atoms with van der Waals surface area (Å²) in [5.74, 6) is -0.109. The molecule has 54 valence electrons. The third-order valence-electron chi connectivity index (χ3n) is 1.19. The molecule has 0 amide bonds. The summed E-state index contributed by atoms with van der Waals surface area (Å²) in [6.45, 7) is 0. The molecule has 0 aliphatic carbocycles. The smallest absolute Gasteiger partial charge is 0.157 e. The van der Waals surface area contributed by atoms with E-state index in [1.807, 2.05) is 0 Å². The third kappa shape index (κ3) is 1.53. The molecule has 0 atom stereocenters. The molecule has 1 aromatic carbocycles. The molecule has 0 aromatic heterocycles. The van der Waals surface area contributed by atoms with Crippen LogP contribution >= 0.6 is 22.6 Å². The van der Waals surface area contributed by atoms with Crippen molar-refractivity contribution in [1.82, 2.24) is 0 Å². The van der Waals surface area contributed by atoms with E-state index in [2.05, 4.69) is 22.6 Å². The van der Waals surface area contributed by atoms with Gasteiger partial charge >= 0.3 is 0 Å². The molecule has 0 heterocycles. The number of hydrogen-bond acceptors (Lipinski definition) is 2. The molecule has 0 radical (unpaired) electrons. The summed E-state index contributed by atoms with van der Waals surface area (Å²) >= 11 is 2.19. The number of aromatic hydroxyl groups is 2. The highest BCUT2D eigenvalue weighted by atomic mass is 127. The van der Waals surface area contributed by atoms with Crippen LogP contribution in [0, 0.1) is 0 Å². The predicted molar refractivity (Wildman–Crippen MR) is 47.5 cm³/mol. The zero-order valence-corrected chi connectivity index (χ0v) is 7.37. The SMILES string of the molecule is Oc1ccc(CI)cc1O. The number of alkyl halides is 1. The normalized spacial score (nSPS) is 9.70. The van der Waals surface area contributed by atoms with Crippen LogP contribution in [0.25, 0.3) is 0 Å². The van der Waals surface area contributed by atoms with Gasteiger partial charge in [0.25, 0.3) is 0 Å². The van der Waals surface area contributed by atoms with Gasteiger partial charge in [-0.1, -0.05) is 28.7 Å². The zero-order chi connectivity index (χ0) is 7.56. The van der Waals surface area contributed by atoms with Crippen molar-refractivity contribution in [3.63, 3.8) is 0 Å². The predicted octanol–water partition coefficient (Wildman–Crippen LogP) is 2.03. The lowest BCUT2D eigenvalue weighted by molar-refractivity contribution is 0.403. The monoisotopic (exact) mass is 250 g/mol. The van der Waals surface area contributed by atoms with E-state index in [1.54, 1.807) is 12.1 Å². The topological polar surface area (TPSA) is 40.5 Å². The Labute approximate surface area is 72.6 Å². The fourth-order valence-electron chi connectivity index (χ4n) is 0.652. The molecule has 0 fully saturated rings. The van der Waals surface area contributed by atoms with Crippen molar-refractivity contribution in [1.29, 1.82) is 0 Å². The molecule has 0 bridgehead atoms. The first-order valence-electron chi connectivity index (χ1n) is 2.81. The fraction of sp³-hybridized carbons (Fsp3) is 0.143. The number of halogens is 1. The van der Waals surface area contributed by atoms with Crippen molar-refractivity contribution < 1.29 is 10.2 Å². The second-order valence-corrected chi connectivity index (χ2v) is 2.72. The lowest BCUT2D eigenvalue weighted by Crippen LogP contribution is -1.75. The van der Waals surface area contributed by atoms with Crippen LogP contribution in [0.15, 0.2) is 18.2 Å². The van der Waals surface area contributed by atoms with E-state index >= 15 is 0 Å². The Bertz CT molecular complexity index is 235. The third-order valence-corrected chi connectivity index (χ3v) is 2.07. The van der Waals surface area contributed by atoms with E-state index in [1.165, 1.54) is 6.07 Å².